The maximum atomic E-state index is 14.1. The fourth-order valence-corrected chi connectivity index (χ4v) is 5.55. The fourth-order valence-electron chi connectivity index (χ4n) is 4.84. The molecule has 3 aromatic rings. The summed E-state index contributed by atoms with van der Waals surface area (Å²) in [4.78, 5) is 21.2. The van der Waals surface area contributed by atoms with Crippen LogP contribution in [0.1, 0.15) is 49.4 Å². The molecule has 186 valence electrons. The Morgan fingerprint density at radius 2 is 2.03 bits per heavy atom. The normalized spacial score (nSPS) is 16.7. The predicted octanol–water partition coefficient (Wildman–Crippen LogP) is 4.89. The third kappa shape index (κ3) is 4.21. The van der Waals surface area contributed by atoms with Gasteiger partial charge in [0.05, 0.1) is 48.2 Å². The second kappa shape index (κ2) is 8.95. The van der Waals surface area contributed by atoms with E-state index in [9.17, 15) is 9.18 Å². The van der Waals surface area contributed by atoms with Crippen LogP contribution in [-0.2, 0) is 17.6 Å². The monoisotopic (exact) mass is 499 g/mol. The van der Waals surface area contributed by atoms with Crippen molar-refractivity contribution in [3.8, 4) is 27.9 Å². The number of ether oxygens (including phenoxy) is 3. The molecule has 0 unspecified atom stereocenters. The molecule has 0 saturated carbocycles. The van der Waals surface area contributed by atoms with E-state index in [1.807, 2.05) is 49.3 Å². The van der Waals surface area contributed by atoms with Crippen molar-refractivity contribution in [3.05, 3.63) is 46.3 Å². The summed E-state index contributed by atoms with van der Waals surface area (Å²) >= 11 is 1.02. The summed E-state index contributed by atoms with van der Waals surface area (Å²) in [6, 6.07) is 7.07. The molecular weight excluding hydrogens is 469 g/mol. The third-order valence-corrected chi connectivity index (χ3v) is 7.33. The lowest BCUT2D eigenvalue weighted by molar-refractivity contribution is -0.0373. The van der Waals surface area contributed by atoms with Gasteiger partial charge in [-0.15, -0.1) is 11.3 Å². The Morgan fingerprint density at radius 3 is 2.69 bits per heavy atom. The lowest BCUT2D eigenvalue weighted by Crippen LogP contribution is -2.55. The molecule has 1 saturated heterocycles. The van der Waals surface area contributed by atoms with Gasteiger partial charge in [0.1, 0.15) is 0 Å². The van der Waals surface area contributed by atoms with Crippen LogP contribution in [0.25, 0.3) is 16.4 Å². The molecule has 0 radical (unpaired) electrons. The zero-order chi connectivity index (χ0) is 24.9. The maximum Gasteiger partial charge on any atom is 0.274 e. The number of imidazole rings is 1. The van der Waals surface area contributed by atoms with E-state index in [-0.39, 0.29) is 17.1 Å². The van der Waals surface area contributed by atoms with Crippen molar-refractivity contribution in [1.29, 1.82) is 0 Å². The molecule has 1 aromatic carbocycles. The van der Waals surface area contributed by atoms with Crippen molar-refractivity contribution in [2.45, 2.75) is 52.2 Å². The van der Waals surface area contributed by atoms with E-state index in [0.29, 0.717) is 54.1 Å². The molecule has 2 aromatic heterocycles. The first kappa shape index (κ1) is 23.8. The molecule has 4 heterocycles. The molecule has 0 atom stereocenters. The highest BCUT2D eigenvalue weighted by Gasteiger charge is 2.38. The van der Waals surface area contributed by atoms with E-state index in [1.54, 1.807) is 13.2 Å². The summed E-state index contributed by atoms with van der Waals surface area (Å²) < 4.78 is 33.3. The minimum atomic E-state index is -0.445. The number of amides is 1. The molecule has 0 spiro atoms. The van der Waals surface area contributed by atoms with Crippen LogP contribution in [0.3, 0.4) is 0 Å². The van der Waals surface area contributed by atoms with Gasteiger partial charge in [-0.1, -0.05) is 0 Å². The zero-order valence-corrected chi connectivity index (χ0v) is 21.5. The average molecular weight is 500 g/mol. The van der Waals surface area contributed by atoms with Crippen LogP contribution < -0.4 is 9.47 Å². The quantitative estimate of drug-likeness (QED) is 0.500. The Morgan fingerprint density at radius 1 is 1.23 bits per heavy atom. The number of halogens is 1. The van der Waals surface area contributed by atoms with Gasteiger partial charge in [0.2, 0.25) is 0 Å². The Labute approximate surface area is 208 Å². The number of hydrogen-bond donors (Lipinski definition) is 0. The van der Waals surface area contributed by atoms with Crippen molar-refractivity contribution >= 4 is 17.2 Å². The highest BCUT2D eigenvalue weighted by molar-refractivity contribution is 7.13. The number of fused-ring (bicyclic) bond motifs is 3. The van der Waals surface area contributed by atoms with Crippen molar-refractivity contribution in [2.75, 3.05) is 26.9 Å². The largest absolute Gasteiger partial charge is 0.493 e. The number of aryl methyl sites for hydroxylation is 1. The summed E-state index contributed by atoms with van der Waals surface area (Å²) in [6.07, 6.45) is 1.32. The molecule has 1 fully saturated rings. The lowest BCUT2D eigenvalue weighted by atomic mass is 9.98. The van der Waals surface area contributed by atoms with Crippen LogP contribution in [0.2, 0.25) is 0 Å². The van der Waals surface area contributed by atoms with E-state index in [2.05, 4.69) is 0 Å². The van der Waals surface area contributed by atoms with Gasteiger partial charge >= 0.3 is 0 Å². The van der Waals surface area contributed by atoms with Gasteiger partial charge in [-0.25, -0.2) is 4.98 Å². The molecule has 0 bridgehead atoms. The molecule has 0 aliphatic carbocycles. The van der Waals surface area contributed by atoms with Crippen LogP contribution in [0.5, 0.6) is 11.5 Å². The second-order valence-corrected chi connectivity index (χ2v) is 10.8. The second-order valence-electron chi connectivity index (χ2n) is 9.79. The highest BCUT2D eigenvalue weighted by atomic mass is 32.1. The Hall–Kier alpha value is -2.91. The molecule has 35 heavy (non-hydrogen) atoms. The maximum absolute atomic E-state index is 14.1. The first-order chi connectivity index (χ1) is 16.7. The number of benzene rings is 1. The van der Waals surface area contributed by atoms with Crippen LogP contribution in [0.15, 0.2) is 24.3 Å². The molecule has 5 rings (SSSR count). The SMILES string of the molecule is COc1cc2c(cc1OC(C)C)-n1c(-c3ccc(F)s3)nc(C(=O)N3CCOCC3(C)C)c1CC2. The first-order valence-corrected chi connectivity index (χ1v) is 12.7. The van der Waals surface area contributed by atoms with Gasteiger partial charge in [0.15, 0.2) is 28.1 Å². The number of carbonyl (C=O) groups excluding carboxylic acids is 1. The Bertz CT molecular complexity index is 1280. The van der Waals surface area contributed by atoms with Gasteiger partial charge in [-0.3, -0.25) is 9.36 Å². The van der Waals surface area contributed by atoms with Gasteiger partial charge < -0.3 is 19.1 Å². The highest BCUT2D eigenvalue weighted by Crippen LogP contribution is 2.41. The van der Waals surface area contributed by atoms with Gasteiger partial charge in [0.25, 0.3) is 5.91 Å². The van der Waals surface area contributed by atoms with Crippen LogP contribution in [-0.4, -0.2) is 58.9 Å². The van der Waals surface area contributed by atoms with E-state index in [4.69, 9.17) is 19.2 Å². The predicted molar refractivity (Wildman–Crippen MR) is 132 cm³/mol. The Kier molecular flexibility index (Phi) is 6.09. The van der Waals surface area contributed by atoms with Gasteiger partial charge in [0, 0.05) is 12.6 Å². The average Bonchev–Trinajstić information content (AvgIpc) is 3.41. The first-order valence-electron chi connectivity index (χ1n) is 11.8. The number of nitrogens with zero attached hydrogens (tertiary/aromatic N) is 3. The minimum absolute atomic E-state index is 0.0423. The standard InChI is InChI=1S/C26H30FN3O4S/c1-15(2)34-20-13-18-16(12-19(20)32-5)6-7-17-23(25(31)29-10-11-33-14-26(29,3)4)28-24(30(17)18)21-8-9-22(27)35-21/h8-9,12-13,15H,6-7,10-11,14H2,1-5H3. The third-order valence-electron chi connectivity index (χ3n) is 6.46. The number of methoxy groups -OCH3 is 1. The molecule has 1 amide bonds. The number of aromatic nitrogens is 2. The van der Waals surface area contributed by atoms with E-state index in [0.717, 1.165) is 34.7 Å². The Balaban J connectivity index is 1.70. The smallest absolute Gasteiger partial charge is 0.274 e. The number of rotatable bonds is 5. The number of morpholine rings is 1. The van der Waals surface area contributed by atoms with Crippen molar-refractivity contribution in [3.63, 3.8) is 0 Å². The molecular formula is C26H30FN3O4S. The van der Waals surface area contributed by atoms with Crippen LogP contribution >= 0.6 is 11.3 Å². The van der Waals surface area contributed by atoms with Crippen LogP contribution in [0.4, 0.5) is 4.39 Å². The summed E-state index contributed by atoms with van der Waals surface area (Å²) in [6.45, 7) is 9.38. The number of thiophene rings is 1. The summed E-state index contributed by atoms with van der Waals surface area (Å²) in [7, 11) is 1.63. The summed E-state index contributed by atoms with van der Waals surface area (Å²) in [5, 5.41) is -0.297. The fraction of sp³-hybridized carbons (Fsp3) is 0.462. The van der Waals surface area contributed by atoms with E-state index in [1.165, 1.54) is 6.07 Å². The molecule has 2 aliphatic heterocycles. The summed E-state index contributed by atoms with van der Waals surface area (Å²) in [5.41, 5.74) is 2.73. The van der Waals surface area contributed by atoms with E-state index >= 15 is 0 Å². The van der Waals surface area contributed by atoms with Gasteiger partial charge in [-0.05, 0) is 64.3 Å². The number of carbonyl (C=O) groups is 1. The molecule has 0 N–H and O–H groups in total. The van der Waals surface area contributed by atoms with E-state index < -0.39 is 5.54 Å². The zero-order valence-electron chi connectivity index (χ0n) is 20.7. The van der Waals surface area contributed by atoms with Crippen molar-refractivity contribution in [2.24, 2.45) is 0 Å². The van der Waals surface area contributed by atoms with Crippen molar-refractivity contribution in [1.82, 2.24) is 14.5 Å². The topological polar surface area (TPSA) is 65.8 Å². The summed E-state index contributed by atoms with van der Waals surface area (Å²) in [5.74, 6) is 1.72. The molecule has 2 aliphatic rings. The lowest BCUT2D eigenvalue weighted by Gasteiger charge is -2.41. The molecule has 7 nitrogen and oxygen atoms in total. The molecule has 9 heteroatoms. The minimum Gasteiger partial charge on any atom is -0.493 e. The van der Waals surface area contributed by atoms with Crippen LogP contribution in [0, 0.1) is 5.13 Å². The van der Waals surface area contributed by atoms with Crippen molar-refractivity contribution < 1.29 is 23.4 Å². The number of hydrogen-bond acceptors (Lipinski definition) is 6. The van der Waals surface area contributed by atoms with Gasteiger partial charge in [-0.2, -0.15) is 4.39 Å².